The number of hydrazine groups is 1. The number of aryl methyl sites for hydroxylation is 2. The van der Waals surface area contributed by atoms with Crippen LogP contribution in [0.2, 0.25) is 0 Å². The van der Waals surface area contributed by atoms with Crippen molar-refractivity contribution in [3.8, 4) is 0 Å². The van der Waals surface area contributed by atoms with Crippen molar-refractivity contribution in [2.24, 2.45) is 0 Å². The number of rotatable bonds is 4. The van der Waals surface area contributed by atoms with Gasteiger partial charge in [-0.2, -0.15) is 0 Å². The van der Waals surface area contributed by atoms with Crippen molar-refractivity contribution in [1.29, 1.82) is 0 Å². The van der Waals surface area contributed by atoms with Gasteiger partial charge in [-0.1, -0.05) is 13.3 Å². The Kier molecular flexibility index (Phi) is 5.19. The number of H-pyrrole nitrogens is 1. The Labute approximate surface area is 135 Å². The first kappa shape index (κ1) is 15.8. The van der Waals surface area contributed by atoms with Crippen molar-refractivity contribution in [3.63, 3.8) is 0 Å². The van der Waals surface area contributed by atoms with E-state index in [0.717, 1.165) is 22.2 Å². The molecular weight excluding hydrogens is 354 g/mol. The van der Waals surface area contributed by atoms with Crippen LogP contribution in [0.1, 0.15) is 43.9 Å². The van der Waals surface area contributed by atoms with E-state index in [2.05, 4.69) is 38.7 Å². The summed E-state index contributed by atoms with van der Waals surface area (Å²) in [5.74, 6) is -0.694. The van der Waals surface area contributed by atoms with E-state index >= 15 is 0 Å². The van der Waals surface area contributed by atoms with Crippen LogP contribution in [0.4, 0.5) is 0 Å². The van der Waals surface area contributed by atoms with E-state index in [4.69, 9.17) is 0 Å². The van der Waals surface area contributed by atoms with Crippen LogP contribution in [0, 0.1) is 6.92 Å². The number of amides is 2. The molecule has 0 saturated heterocycles. The number of nitrogens with one attached hydrogen (secondary N) is 3. The Bertz CT molecular complexity index is 663. The summed E-state index contributed by atoms with van der Waals surface area (Å²) in [6.07, 6.45) is 3.64. The minimum absolute atomic E-state index is 0.301. The quantitative estimate of drug-likeness (QED) is 0.724. The van der Waals surface area contributed by atoms with Gasteiger partial charge in [0.15, 0.2) is 0 Å². The van der Waals surface area contributed by atoms with E-state index < -0.39 is 5.91 Å². The molecule has 2 heterocycles. The third kappa shape index (κ3) is 3.95. The summed E-state index contributed by atoms with van der Waals surface area (Å²) in [5, 5.41) is 0. The molecule has 112 valence electrons. The fraction of sp³-hybridized carbons (Fsp3) is 0.286. The van der Waals surface area contributed by atoms with Gasteiger partial charge in [0.05, 0.1) is 4.88 Å². The van der Waals surface area contributed by atoms with Crippen molar-refractivity contribution < 1.29 is 9.59 Å². The molecular formula is C14H16BrN3O2S. The van der Waals surface area contributed by atoms with E-state index in [0.29, 0.717) is 10.6 Å². The van der Waals surface area contributed by atoms with E-state index in [1.165, 1.54) is 16.9 Å². The van der Waals surface area contributed by atoms with Crippen molar-refractivity contribution in [1.82, 2.24) is 15.8 Å². The van der Waals surface area contributed by atoms with Gasteiger partial charge in [-0.3, -0.25) is 20.4 Å². The van der Waals surface area contributed by atoms with Gasteiger partial charge in [0.1, 0.15) is 5.69 Å². The second kappa shape index (κ2) is 6.91. The Morgan fingerprint density at radius 3 is 2.62 bits per heavy atom. The van der Waals surface area contributed by atoms with Crippen molar-refractivity contribution >= 4 is 39.1 Å². The summed E-state index contributed by atoms with van der Waals surface area (Å²) in [4.78, 5) is 28.3. The van der Waals surface area contributed by atoms with Gasteiger partial charge >= 0.3 is 0 Å². The first-order valence-electron chi connectivity index (χ1n) is 6.55. The first-order valence-corrected chi connectivity index (χ1v) is 8.16. The fourth-order valence-electron chi connectivity index (χ4n) is 1.89. The SMILES string of the molecule is CCCc1cc(C(=O)NNC(=O)c2cc(Br)c[nH]2)sc1C. The molecule has 0 unspecified atom stereocenters. The summed E-state index contributed by atoms with van der Waals surface area (Å²) >= 11 is 4.68. The molecule has 0 fully saturated rings. The summed E-state index contributed by atoms with van der Waals surface area (Å²) in [6, 6.07) is 3.52. The first-order chi connectivity index (χ1) is 10.0. The van der Waals surface area contributed by atoms with Crippen LogP contribution in [0.5, 0.6) is 0 Å². The van der Waals surface area contributed by atoms with Crippen LogP contribution < -0.4 is 10.9 Å². The lowest BCUT2D eigenvalue weighted by atomic mass is 10.1. The van der Waals surface area contributed by atoms with Gasteiger partial charge in [-0.15, -0.1) is 11.3 Å². The van der Waals surface area contributed by atoms with E-state index in [-0.39, 0.29) is 5.91 Å². The van der Waals surface area contributed by atoms with Gasteiger partial charge in [0.25, 0.3) is 11.8 Å². The van der Waals surface area contributed by atoms with Gasteiger partial charge < -0.3 is 4.98 Å². The number of hydrogen-bond donors (Lipinski definition) is 3. The summed E-state index contributed by atoms with van der Waals surface area (Å²) in [5.41, 5.74) is 6.37. The smallest absolute Gasteiger partial charge is 0.286 e. The Hall–Kier alpha value is -1.60. The minimum atomic E-state index is -0.392. The van der Waals surface area contributed by atoms with Crippen LogP contribution in [0.15, 0.2) is 22.8 Å². The molecule has 0 spiro atoms. The van der Waals surface area contributed by atoms with Crippen molar-refractivity contribution in [3.05, 3.63) is 43.8 Å². The zero-order valence-electron chi connectivity index (χ0n) is 11.7. The predicted octanol–water partition coefficient (Wildman–Crippen LogP) is 3.17. The molecule has 2 rings (SSSR count). The summed E-state index contributed by atoms with van der Waals surface area (Å²) < 4.78 is 0.775. The molecule has 2 aromatic rings. The Balaban J connectivity index is 1.95. The zero-order chi connectivity index (χ0) is 15.4. The summed E-state index contributed by atoms with van der Waals surface area (Å²) in [6.45, 7) is 4.10. The maximum Gasteiger partial charge on any atom is 0.286 e. The van der Waals surface area contributed by atoms with Crippen LogP contribution >= 0.6 is 27.3 Å². The maximum atomic E-state index is 12.0. The average Bonchev–Trinajstić information content (AvgIpc) is 3.03. The average molecular weight is 370 g/mol. The fourth-order valence-corrected chi connectivity index (χ4v) is 3.20. The summed E-state index contributed by atoms with van der Waals surface area (Å²) in [7, 11) is 0. The Morgan fingerprint density at radius 1 is 1.29 bits per heavy atom. The molecule has 0 aromatic carbocycles. The molecule has 0 aliphatic heterocycles. The maximum absolute atomic E-state index is 12.0. The molecule has 0 radical (unpaired) electrons. The second-order valence-electron chi connectivity index (χ2n) is 4.58. The van der Waals surface area contributed by atoms with Gasteiger partial charge in [-0.05, 0) is 47.0 Å². The highest BCUT2D eigenvalue weighted by Crippen LogP contribution is 2.22. The third-order valence-electron chi connectivity index (χ3n) is 2.95. The zero-order valence-corrected chi connectivity index (χ0v) is 14.2. The second-order valence-corrected chi connectivity index (χ2v) is 6.75. The van der Waals surface area contributed by atoms with E-state index in [9.17, 15) is 9.59 Å². The third-order valence-corrected chi connectivity index (χ3v) is 4.50. The Morgan fingerprint density at radius 2 is 2.00 bits per heavy atom. The van der Waals surface area contributed by atoms with Crippen LogP contribution in [0.25, 0.3) is 0 Å². The predicted molar refractivity (Wildman–Crippen MR) is 86.5 cm³/mol. The van der Waals surface area contributed by atoms with Crippen molar-refractivity contribution in [2.45, 2.75) is 26.7 Å². The molecule has 0 saturated carbocycles. The van der Waals surface area contributed by atoms with Crippen LogP contribution in [0.3, 0.4) is 0 Å². The number of carbonyl (C=O) groups excluding carboxylic acids is 2. The molecule has 0 bridgehead atoms. The lowest BCUT2D eigenvalue weighted by Crippen LogP contribution is -2.41. The minimum Gasteiger partial charge on any atom is -0.356 e. The highest BCUT2D eigenvalue weighted by Gasteiger charge is 2.14. The number of halogens is 1. The molecule has 7 heteroatoms. The van der Waals surface area contributed by atoms with Crippen LogP contribution in [-0.4, -0.2) is 16.8 Å². The van der Waals surface area contributed by atoms with Gasteiger partial charge in [0, 0.05) is 15.5 Å². The number of hydrogen-bond acceptors (Lipinski definition) is 3. The molecule has 2 aromatic heterocycles. The topological polar surface area (TPSA) is 74.0 Å². The number of thiophene rings is 1. The van der Waals surface area contributed by atoms with E-state index in [1.807, 2.05) is 13.0 Å². The molecule has 0 aliphatic carbocycles. The standard InChI is InChI=1S/C14H16BrN3O2S/c1-3-4-9-5-12(21-8(9)2)14(20)18-17-13(19)11-6-10(15)7-16-11/h5-7,16H,3-4H2,1-2H3,(H,17,19)(H,18,20). The molecule has 5 nitrogen and oxygen atoms in total. The normalized spacial score (nSPS) is 10.4. The monoisotopic (exact) mass is 369 g/mol. The number of carbonyl (C=O) groups is 2. The highest BCUT2D eigenvalue weighted by molar-refractivity contribution is 9.10. The van der Waals surface area contributed by atoms with Crippen molar-refractivity contribution in [2.75, 3.05) is 0 Å². The largest absolute Gasteiger partial charge is 0.356 e. The highest BCUT2D eigenvalue weighted by atomic mass is 79.9. The van der Waals surface area contributed by atoms with E-state index in [1.54, 1.807) is 12.3 Å². The molecule has 2 amide bonds. The lowest BCUT2D eigenvalue weighted by Gasteiger charge is -2.04. The van der Waals surface area contributed by atoms with Gasteiger partial charge in [-0.25, -0.2) is 0 Å². The lowest BCUT2D eigenvalue weighted by molar-refractivity contribution is 0.0846. The molecule has 0 atom stereocenters. The molecule has 0 aliphatic rings. The van der Waals surface area contributed by atoms with Crippen LogP contribution in [-0.2, 0) is 6.42 Å². The molecule has 21 heavy (non-hydrogen) atoms. The number of aromatic amines is 1. The molecule has 3 N–H and O–H groups in total. The van der Waals surface area contributed by atoms with Gasteiger partial charge in [0.2, 0.25) is 0 Å². The number of aromatic nitrogens is 1.